The zero-order valence-corrected chi connectivity index (χ0v) is 15.8. The molecule has 2 atom stereocenters. The van der Waals surface area contributed by atoms with Crippen LogP contribution in [0.5, 0.6) is 0 Å². The Morgan fingerprint density at radius 1 is 1.18 bits per heavy atom. The summed E-state index contributed by atoms with van der Waals surface area (Å²) in [6.45, 7) is 1.79. The van der Waals surface area contributed by atoms with E-state index in [1.807, 2.05) is 18.2 Å². The fourth-order valence-electron chi connectivity index (χ4n) is 4.14. The molecule has 0 amide bonds. The van der Waals surface area contributed by atoms with Gasteiger partial charge in [-0.1, -0.05) is 18.2 Å². The smallest absolute Gasteiger partial charge is 0.157 e. The van der Waals surface area contributed by atoms with Crippen molar-refractivity contribution in [3.05, 3.63) is 70.5 Å². The van der Waals surface area contributed by atoms with Gasteiger partial charge in [0.15, 0.2) is 6.29 Å². The van der Waals surface area contributed by atoms with Gasteiger partial charge in [0.25, 0.3) is 0 Å². The Kier molecular flexibility index (Phi) is 5.72. The molecule has 0 aromatic heterocycles. The van der Waals surface area contributed by atoms with Crippen LogP contribution in [0.3, 0.4) is 0 Å². The van der Waals surface area contributed by atoms with E-state index in [1.54, 1.807) is 12.1 Å². The molecule has 4 nitrogen and oxygen atoms in total. The highest BCUT2D eigenvalue weighted by Crippen LogP contribution is 2.45. The van der Waals surface area contributed by atoms with Gasteiger partial charge in [0.2, 0.25) is 0 Å². The van der Waals surface area contributed by atoms with Crippen molar-refractivity contribution in [3.63, 3.8) is 0 Å². The fourth-order valence-corrected chi connectivity index (χ4v) is 4.14. The summed E-state index contributed by atoms with van der Waals surface area (Å²) < 4.78 is 31.3. The molecule has 2 unspecified atom stereocenters. The van der Waals surface area contributed by atoms with Crippen LogP contribution < -0.4 is 0 Å². The third-order valence-electron chi connectivity index (χ3n) is 5.57. The zero-order valence-electron chi connectivity index (χ0n) is 15.8. The molecule has 2 aromatic carbocycles. The predicted molar refractivity (Wildman–Crippen MR) is 102 cm³/mol. The summed E-state index contributed by atoms with van der Waals surface area (Å²) >= 11 is 0. The van der Waals surface area contributed by atoms with Crippen LogP contribution in [-0.4, -0.2) is 19.5 Å². The molecule has 0 radical (unpaired) electrons. The van der Waals surface area contributed by atoms with Crippen molar-refractivity contribution in [1.29, 1.82) is 5.26 Å². The van der Waals surface area contributed by atoms with E-state index < -0.39 is 5.60 Å². The molecule has 2 aliphatic rings. The Bertz CT molecular complexity index is 855. The molecule has 0 N–H and O–H groups in total. The Balaban J connectivity index is 1.54. The lowest BCUT2D eigenvalue weighted by Gasteiger charge is -2.31. The maximum atomic E-state index is 13.5. The molecule has 0 bridgehead atoms. The van der Waals surface area contributed by atoms with Crippen LogP contribution in [0, 0.1) is 17.1 Å². The van der Waals surface area contributed by atoms with Gasteiger partial charge in [0, 0.05) is 13.2 Å². The minimum Gasteiger partial charge on any atom is -0.361 e. The molecule has 4 rings (SSSR count). The minimum atomic E-state index is -0.645. The molecular weight excluding hydrogens is 357 g/mol. The summed E-state index contributed by atoms with van der Waals surface area (Å²) in [5.74, 6) is -0.269. The number of halogens is 1. The van der Waals surface area contributed by atoms with E-state index in [2.05, 4.69) is 6.07 Å². The molecular formula is C23H24FNO3. The second kappa shape index (κ2) is 8.40. The standard InChI is InChI=1S/C23H24FNO3/c24-20-8-6-19(7-9-20)23(11-3-13-27-22-4-1-2-12-26-22)21-10-5-17(15-25)14-18(21)16-28-23/h5-10,14,22H,1-4,11-13,16H2. The van der Waals surface area contributed by atoms with Crippen molar-refractivity contribution in [3.8, 4) is 6.07 Å². The first kappa shape index (κ1) is 19.1. The van der Waals surface area contributed by atoms with Gasteiger partial charge < -0.3 is 14.2 Å². The van der Waals surface area contributed by atoms with Gasteiger partial charge in [-0.15, -0.1) is 0 Å². The van der Waals surface area contributed by atoms with E-state index in [0.29, 0.717) is 25.2 Å². The van der Waals surface area contributed by atoms with E-state index in [9.17, 15) is 9.65 Å². The summed E-state index contributed by atoms with van der Waals surface area (Å²) in [7, 11) is 0. The largest absolute Gasteiger partial charge is 0.361 e. The van der Waals surface area contributed by atoms with E-state index in [1.165, 1.54) is 12.1 Å². The highest BCUT2D eigenvalue weighted by atomic mass is 19.1. The van der Waals surface area contributed by atoms with Crippen molar-refractivity contribution in [2.75, 3.05) is 13.2 Å². The Hall–Kier alpha value is -2.26. The molecule has 28 heavy (non-hydrogen) atoms. The molecule has 0 saturated carbocycles. The van der Waals surface area contributed by atoms with Gasteiger partial charge in [-0.2, -0.15) is 5.26 Å². The number of nitrogens with zero attached hydrogens (tertiary/aromatic N) is 1. The van der Waals surface area contributed by atoms with Crippen LogP contribution in [0.4, 0.5) is 4.39 Å². The maximum absolute atomic E-state index is 13.5. The zero-order chi connectivity index (χ0) is 19.4. The van der Waals surface area contributed by atoms with Crippen molar-refractivity contribution in [1.82, 2.24) is 0 Å². The normalized spacial score (nSPS) is 23.9. The first-order valence-corrected chi connectivity index (χ1v) is 9.88. The van der Waals surface area contributed by atoms with Gasteiger partial charge in [-0.25, -0.2) is 4.39 Å². The Labute approximate surface area is 164 Å². The molecule has 2 aliphatic heterocycles. The van der Waals surface area contributed by atoms with E-state index in [0.717, 1.165) is 49.0 Å². The fraction of sp³-hybridized carbons (Fsp3) is 0.435. The third kappa shape index (κ3) is 3.81. The Morgan fingerprint density at radius 3 is 2.79 bits per heavy atom. The highest BCUT2D eigenvalue weighted by Gasteiger charge is 2.41. The van der Waals surface area contributed by atoms with Crippen LogP contribution in [0.15, 0.2) is 42.5 Å². The highest BCUT2D eigenvalue weighted by molar-refractivity contribution is 5.47. The summed E-state index contributed by atoms with van der Waals surface area (Å²) in [5, 5.41) is 9.18. The van der Waals surface area contributed by atoms with Gasteiger partial charge in [-0.05, 0) is 73.1 Å². The van der Waals surface area contributed by atoms with Crippen molar-refractivity contribution in [2.45, 2.75) is 50.6 Å². The van der Waals surface area contributed by atoms with Crippen molar-refractivity contribution in [2.24, 2.45) is 0 Å². The molecule has 2 aromatic rings. The minimum absolute atomic E-state index is 0.106. The van der Waals surface area contributed by atoms with E-state index in [-0.39, 0.29) is 12.1 Å². The number of hydrogen-bond donors (Lipinski definition) is 0. The summed E-state index contributed by atoms with van der Waals surface area (Å²) in [6, 6.07) is 14.4. The van der Waals surface area contributed by atoms with Crippen LogP contribution in [0.1, 0.15) is 54.4 Å². The van der Waals surface area contributed by atoms with Crippen molar-refractivity contribution >= 4 is 0 Å². The molecule has 5 heteroatoms. The first-order valence-electron chi connectivity index (χ1n) is 9.88. The van der Waals surface area contributed by atoms with Crippen molar-refractivity contribution < 1.29 is 18.6 Å². The van der Waals surface area contributed by atoms with E-state index >= 15 is 0 Å². The average Bonchev–Trinajstić information content (AvgIpc) is 3.11. The number of nitriles is 1. The van der Waals surface area contributed by atoms with Gasteiger partial charge in [0.05, 0.1) is 18.2 Å². The molecule has 1 fully saturated rings. The third-order valence-corrected chi connectivity index (χ3v) is 5.57. The summed E-state index contributed by atoms with van der Waals surface area (Å²) in [5.41, 5.74) is 2.96. The quantitative estimate of drug-likeness (QED) is 0.675. The van der Waals surface area contributed by atoms with Crippen LogP contribution in [-0.2, 0) is 26.4 Å². The van der Waals surface area contributed by atoms with E-state index in [4.69, 9.17) is 14.2 Å². The lowest BCUT2D eigenvalue weighted by atomic mass is 9.81. The van der Waals surface area contributed by atoms with Crippen LogP contribution in [0.2, 0.25) is 0 Å². The summed E-state index contributed by atoms with van der Waals surface area (Å²) in [6.07, 6.45) is 4.58. The number of ether oxygens (including phenoxy) is 3. The monoisotopic (exact) mass is 381 g/mol. The van der Waals surface area contributed by atoms with Crippen LogP contribution >= 0.6 is 0 Å². The first-order chi connectivity index (χ1) is 13.7. The lowest BCUT2D eigenvalue weighted by molar-refractivity contribution is -0.164. The summed E-state index contributed by atoms with van der Waals surface area (Å²) in [4.78, 5) is 0. The predicted octanol–water partition coefficient (Wildman–Crippen LogP) is 4.79. The number of rotatable bonds is 6. The molecule has 2 heterocycles. The Morgan fingerprint density at radius 2 is 2.04 bits per heavy atom. The molecule has 1 saturated heterocycles. The molecule has 0 spiro atoms. The molecule has 0 aliphatic carbocycles. The maximum Gasteiger partial charge on any atom is 0.157 e. The van der Waals surface area contributed by atoms with Gasteiger partial charge in [0.1, 0.15) is 11.4 Å². The average molecular weight is 381 g/mol. The van der Waals surface area contributed by atoms with Crippen LogP contribution in [0.25, 0.3) is 0 Å². The van der Waals surface area contributed by atoms with Gasteiger partial charge >= 0.3 is 0 Å². The topological polar surface area (TPSA) is 51.5 Å². The SMILES string of the molecule is N#Cc1ccc2c(c1)COC2(CCCOC1CCCCO1)c1ccc(F)cc1. The second-order valence-corrected chi connectivity index (χ2v) is 7.38. The number of hydrogen-bond acceptors (Lipinski definition) is 4. The number of fused-ring (bicyclic) bond motifs is 1. The lowest BCUT2D eigenvalue weighted by Crippen LogP contribution is -2.28. The van der Waals surface area contributed by atoms with Gasteiger partial charge in [-0.3, -0.25) is 0 Å². The molecule has 146 valence electrons. The second-order valence-electron chi connectivity index (χ2n) is 7.38. The number of benzene rings is 2.